The lowest BCUT2D eigenvalue weighted by Crippen LogP contribution is -2.03. The van der Waals surface area contributed by atoms with Gasteiger partial charge in [0.2, 0.25) is 0 Å². The normalized spacial score (nSPS) is 15.7. The van der Waals surface area contributed by atoms with E-state index in [0.29, 0.717) is 34.1 Å². The van der Waals surface area contributed by atoms with Crippen molar-refractivity contribution >= 4 is 11.6 Å². The minimum Gasteiger partial charge on any atom is -0.491 e. The number of hydrogen-bond donors (Lipinski definition) is 0. The van der Waals surface area contributed by atoms with Crippen molar-refractivity contribution in [1.29, 1.82) is 0 Å². The highest BCUT2D eigenvalue weighted by atomic mass is 35.5. The molecular weight excluding hydrogens is 358 g/mol. The van der Waals surface area contributed by atoms with Gasteiger partial charge in [-0.1, -0.05) is 35.9 Å². The minimum absolute atomic E-state index is 0.188. The molecule has 1 aliphatic heterocycles. The van der Waals surface area contributed by atoms with Crippen LogP contribution in [0.1, 0.15) is 0 Å². The predicted octanol–water partition coefficient (Wildman–Crippen LogP) is 5.73. The average Bonchev–Trinajstić information content (AvgIpc) is 3.45. The highest BCUT2D eigenvalue weighted by Gasteiger charge is 2.23. The topological polar surface area (TPSA) is 21.8 Å². The van der Waals surface area contributed by atoms with E-state index in [4.69, 9.17) is 21.1 Å². The number of rotatable bonds is 5. The number of halogens is 3. The van der Waals surface area contributed by atoms with Gasteiger partial charge in [0.1, 0.15) is 30.1 Å². The molecule has 0 spiro atoms. The summed E-state index contributed by atoms with van der Waals surface area (Å²) in [6.07, 6.45) is 0.188. The van der Waals surface area contributed by atoms with Gasteiger partial charge in [-0.3, -0.25) is 0 Å². The molecule has 4 rings (SSSR count). The second kappa shape index (κ2) is 7.06. The Balaban J connectivity index is 1.57. The maximum atomic E-state index is 14.6. The lowest BCUT2D eigenvalue weighted by Gasteiger charge is -2.09. The van der Waals surface area contributed by atoms with E-state index >= 15 is 0 Å². The van der Waals surface area contributed by atoms with Crippen LogP contribution in [0.25, 0.3) is 22.3 Å². The van der Waals surface area contributed by atoms with Crippen LogP contribution in [0.3, 0.4) is 0 Å². The fourth-order valence-corrected chi connectivity index (χ4v) is 2.88. The van der Waals surface area contributed by atoms with E-state index in [1.165, 1.54) is 12.1 Å². The third-order valence-corrected chi connectivity index (χ3v) is 4.45. The quantitative estimate of drug-likeness (QED) is 0.533. The van der Waals surface area contributed by atoms with Crippen LogP contribution in [0.15, 0.2) is 60.7 Å². The minimum atomic E-state index is -0.481. The number of benzene rings is 3. The Bertz CT molecular complexity index is 937. The Morgan fingerprint density at radius 1 is 0.885 bits per heavy atom. The Hall–Kier alpha value is -2.43. The molecule has 0 saturated carbocycles. The zero-order valence-electron chi connectivity index (χ0n) is 13.7. The SMILES string of the molecule is Fc1cc(Cl)ccc1-c1ccc(-c2ccc(OCC3CO3)cc2)c(F)c1. The van der Waals surface area contributed by atoms with Gasteiger partial charge in [0.05, 0.1) is 6.61 Å². The molecule has 2 nitrogen and oxygen atoms in total. The Labute approximate surface area is 154 Å². The maximum Gasteiger partial charge on any atom is 0.132 e. The van der Waals surface area contributed by atoms with Crippen LogP contribution in [0.2, 0.25) is 5.02 Å². The number of hydrogen-bond acceptors (Lipinski definition) is 2. The first kappa shape index (κ1) is 17.0. The largest absolute Gasteiger partial charge is 0.491 e. The molecule has 26 heavy (non-hydrogen) atoms. The van der Waals surface area contributed by atoms with Crippen LogP contribution >= 0.6 is 11.6 Å². The third kappa shape index (κ3) is 3.71. The van der Waals surface area contributed by atoms with Crippen molar-refractivity contribution in [1.82, 2.24) is 0 Å². The molecule has 3 aromatic carbocycles. The molecule has 0 aromatic heterocycles. The average molecular weight is 373 g/mol. The molecule has 0 amide bonds. The van der Waals surface area contributed by atoms with Crippen molar-refractivity contribution in [3.63, 3.8) is 0 Å². The fraction of sp³-hybridized carbons (Fsp3) is 0.143. The van der Waals surface area contributed by atoms with Crippen LogP contribution in [-0.2, 0) is 4.74 Å². The molecule has 1 unspecified atom stereocenters. The molecule has 0 aliphatic carbocycles. The second-order valence-electron chi connectivity index (χ2n) is 6.11. The van der Waals surface area contributed by atoms with E-state index in [-0.39, 0.29) is 6.10 Å². The number of epoxide rings is 1. The monoisotopic (exact) mass is 372 g/mol. The summed E-state index contributed by atoms with van der Waals surface area (Å²) in [4.78, 5) is 0. The van der Waals surface area contributed by atoms with Gasteiger partial charge in [-0.05, 0) is 47.5 Å². The van der Waals surface area contributed by atoms with Gasteiger partial charge in [0, 0.05) is 16.1 Å². The summed E-state index contributed by atoms with van der Waals surface area (Å²) in [5.41, 5.74) is 1.94. The summed E-state index contributed by atoms with van der Waals surface area (Å²) in [5, 5.41) is 0.305. The zero-order valence-corrected chi connectivity index (χ0v) is 14.5. The Morgan fingerprint density at radius 3 is 2.15 bits per heavy atom. The van der Waals surface area contributed by atoms with Crippen molar-refractivity contribution < 1.29 is 18.3 Å². The molecule has 0 N–H and O–H groups in total. The zero-order chi connectivity index (χ0) is 18.1. The summed E-state index contributed by atoms with van der Waals surface area (Å²) < 4.78 is 39.3. The molecule has 1 atom stereocenters. The van der Waals surface area contributed by atoms with Crippen LogP contribution in [0.5, 0.6) is 5.75 Å². The lowest BCUT2D eigenvalue weighted by atomic mass is 9.99. The van der Waals surface area contributed by atoms with E-state index in [1.54, 1.807) is 48.5 Å². The van der Waals surface area contributed by atoms with Crippen LogP contribution in [0, 0.1) is 11.6 Å². The first-order valence-corrected chi connectivity index (χ1v) is 8.58. The Morgan fingerprint density at radius 2 is 1.50 bits per heavy atom. The third-order valence-electron chi connectivity index (χ3n) is 4.21. The van der Waals surface area contributed by atoms with Gasteiger partial charge in [0.25, 0.3) is 0 Å². The van der Waals surface area contributed by atoms with Gasteiger partial charge >= 0.3 is 0 Å². The van der Waals surface area contributed by atoms with Gasteiger partial charge < -0.3 is 9.47 Å². The van der Waals surface area contributed by atoms with Crippen LogP contribution < -0.4 is 4.74 Å². The summed E-state index contributed by atoms with van der Waals surface area (Å²) in [6.45, 7) is 1.26. The molecule has 132 valence electrons. The summed E-state index contributed by atoms with van der Waals surface area (Å²) in [5.74, 6) is -0.188. The molecule has 1 aliphatic rings. The van der Waals surface area contributed by atoms with Crippen molar-refractivity contribution in [2.45, 2.75) is 6.10 Å². The van der Waals surface area contributed by atoms with Crippen molar-refractivity contribution in [2.75, 3.05) is 13.2 Å². The van der Waals surface area contributed by atoms with E-state index in [2.05, 4.69) is 0 Å². The fourth-order valence-electron chi connectivity index (χ4n) is 2.72. The second-order valence-corrected chi connectivity index (χ2v) is 6.55. The molecule has 0 bridgehead atoms. The van der Waals surface area contributed by atoms with Crippen molar-refractivity contribution in [3.8, 4) is 28.0 Å². The molecule has 1 saturated heterocycles. The highest BCUT2D eigenvalue weighted by molar-refractivity contribution is 6.30. The van der Waals surface area contributed by atoms with E-state index < -0.39 is 11.6 Å². The van der Waals surface area contributed by atoms with Crippen LogP contribution in [-0.4, -0.2) is 19.3 Å². The van der Waals surface area contributed by atoms with Gasteiger partial charge in [-0.25, -0.2) is 8.78 Å². The first-order valence-electron chi connectivity index (χ1n) is 8.20. The Kier molecular flexibility index (Phi) is 4.62. The molecular formula is C21H15ClF2O2. The van der Waals surface area contributed by atoms with Gasteiger partial charge in [-0.2, -0.15) is 0 Å². The van der Waals surface area contributed by atoms with Gasteiger partial charge in [0.15, 0.2) is 0 Å². The molecule has 5 heteroatoms. The summed E-state index contributed by atoms with van der Waals surface area (Å²) in [7, 11) is 0. The van der Waals surface area contributed by atoms with E-state index in [0.717, 1.165) is 12.2 Å². The number of ether oxygens (including phenoxy) is 2. The molecule has 0 radical (unpaired) electrons. The standard InChI is InChI=1S/C21H15ClF2O2/c22-15-4-8-19(21(24)10-15)14-3-7-18(20(23)9-14)13-1-5-16(6-2-13)25-11-17-12-26-17/h1-10,17H,11-12H2. The summed E-state index contributed by atoms with van der Waals surface area (Å²) >= 11 is 5.77. The van der Waals surface area contributed by atoms with Crippen LogP contribution in [0.4, 0.5) is 8.78 Å². The molecule has 1 heterocycles. The summed E-state index contributed by atoms with van der Waals surface area (Å²) in [6, 6.07) is 16.2. The lowest BCUT2D eigenvalue weighted by molar-refractivity contribution is 0.263. The predicted molar refractivity (Wildman–Crippen MR) is 97.5 cm³/mol. The highest BCUT2D eigenvalue weighted by Crippen LogP contribution is 2.31. The van der Waals surface area contributed by atoms with E-state index in [9.17, 15) is 8.78 Å². The molecule has 3 aromatic rings. The van der Waals surface area contributed by atoms with E-state index in [1.807, 2.05) is 0 Å². The van der Waals surface area contributed by atoms with Crippen molar-refractivity contribution in [2.24, 2.45) is 0 Å². The van der Waals surface area contributed by atoms with Gasteiger partial charge in [-0.15, -0.1) is 0 Å². The smallest absolute Gasteiger partial charge is 0.132 e. The first-order chi connectivity index (χ1) is 12.6. The maximum absolute atomic E-state index is 14.6. The molecule has 1 fully saturated rings. The van der Waals surface area contributed by atoms with Crippen molar-refractivity contribution in [3.05, 3.63) is 77.3 Å².